The van der Waals surface area contributed by atoms with Gasteiger partial charge in [0.1, 0.15) is 5.69 Å². The lowest BCUT2D eigenvalue weighted by molar-refractivity contribution is -0.141. The summed E-state index contributed by atoms with van der Waals surface area (Å²) in [6.45, 7) is 6.86. The minimum Gasteiger partial charge on any atom is -0.463 e. The van der Waals surface area contributed by atoms with Gasteiger partial charge in [-0.3, -0.25) is 9.69 Å². The van der Waals surface area contributed by atoms with E-state index in [1.165, 1.54) is 11.8 Å². The molecule has 9 nitrogen and oxygen atoms in total. The first kappa shape index (κ1) is 22.8. The summed E-state index contributed by atoms with van der Waals surface area (Å²) in [5.74, 6) is -0.371. The van der Waals surface area contributed by atoms with Crippen molar-refractivity contribution in [3.63, 3.8) is 0 Å². The van der Waals surface area contributed by atoms with E-state index in [0.29, 0.717) is 35.6 Å². The van der Waals surface area contributed by atoms with Crippen molar-refractivity contribution in [3.8, 4) is 11.5 Å². The van der Waals surface area contributed by atoms with Crippen molar-refractivity contribution in [2.24, 2.45) is 0 Å². The second kappa shape index (κ2) is 9.71. The summed E-state index contributed by atoms with van der Waals surface area (Å²) < 4.78 is 16.3. The Morgan fingerprint density at radius 2 is 1.86 bits per heavy atom. The molecule has 1 fully saturated rings. The lowest BCUT2D eigenvalue weighted by atomic mass is 10.1. The van der Waals surface area contributed by atoms with Crippen LogP contribution in [0.25, 0.3) is 22.6 Å². The SMILES string of the molecule is Cc1noc2nc(-c3ccco3)cc(C(=O)OC(C)C(=O)N3CCN(Cc4ccccc4)CC3)c12. The van der Waals surface area contributed by atoms with Crippen molar-refractivity contribution >= 4 is 23.0 Å². The van der Waals surface area contributed by atoms with E-state index < -0.39 is 12.1 Å². The van der Waals surface area contributed by atoms with Crippen molar-refractivity contribution < 1.29 is 23.3 Å². The van der Waals surface area contributed by atoms with Crippen LogP contribution in [0.1, 0.15) is 28.5 Å². The quantitative estimate of drug-likeness (QED) is 0.390. The van der Waals surface area contributed by atoms with Crippen LogP contribution in [0.4, 0.5) is 0 Å². The maximum absolute atomic E-state index is 13.2. The van der Waals surface area contributed by atoms with Crippen molar-refractivity contribution in [1.29, 1.82) is 0 Å². The Labute approximate surface area is 202 Å². The van der Waals surface area contributed by atoms with Gasteiger partial charge in [0, 0.05) is 32.7 Å². The van der Waals surface area contributed by atoms with Crippen LogP contribution in [-0.2, 0) is 16.1 Å². The zero-order chi connectivity index (χ0) is 24.4. The average molecular weight is 475 g/mol. The van der Waals surface area contributed by atoms with Crippen LogP contribution in [0, 0.1) is 6.92 Å². The van der Waals surface area contributed by atoms with Crippen molar-refractivity contribution in [1.82, 2.24) is 19.9 Å². The largest absolute Gasteiger partial charge is 0.463 e. The van der Waals surface area contributed by atoms with E-state index in [9.17, 15) is 9.59 Å². The Bertz CT molecular complexity index is 1320. The fourth-order valence-corrected chi connectivity index (χ4v) is 4.31. The number of esters is 1. The van der Waals surface area contributed by atoms with Crippen molar-refractivity contribution in [3.05, 3.63) is 71.6 Å². The van der Waals surface area contributed by atoms with E-state index in [4.69, 9.17) is 13.7 Å². The third-order valence-corrected chi connectivity index (χ3v) is 6.18. The number of aryl methyl sites for hydroxylation is 1. The molecule has 3 aromatic heterocycles. The van der Waals surface area contributed by atoms with Crippen LogP contribution in [-0.4, -0.2) is 64.1 Å². The molecule has 180 valence electrons. The first-order valence-electron chi connectivity index (χ1n) is 11.6. The molecule has 1 saturated heterocycles. The summed E-state index contributed by atoms with van der Waals surface area (Å²) in [4.78, 5) is 34.7. The molecule has 0 saturated carbocycles. The number of pyridine rings is 1. The van der Waals surface area contributed by atoms with Crippen molar-refractivity contribution in [2.45, 2.75) is 26.5 Å². The number of carbonyl (C=O) groups is 2. The summed E-state index contributed by atoms with van der Waals surface area (Å²) in [6.07, 6.45) is 0.587. The number of aromatic nitrogens is 2. The van der Waals surface area contributed by atoms with Crippen LogP contribution >= 0.6 is 0 Å². The van der Waals surface area contributed by atoms with Gasteiger partial charge in [-0.2, -0.15) is 0 Å². The maximum atomic E-state index is 13.2. The van der Waals surface area contributed by atoms with E-state index in [1.807, 2.05) is 18.2 Å². The van der Waals surface area contributed by atoms with Gasteiger partial charge in [-0.1, -0.05) is 35.5 Å². The number of carbonyl (C=O) groups excluding carboxylic acids is 2. The number of amides is 1. The zero-order valence-electron chi connectivity index (χ0n) is 19.6. The van der Waals surface area contributed by atoms with E-state index in [1.54, 1.807) is 36.9 Å². The first-order valence-corrected chi connectivity index (χ1v) is 11.6. The number of fused-ring (bicyclic) bond motifs is 1. The Morgan fingerprint density at radius 1 is 1.09 bits per heavy atom. The molecule has 0 bridgehead atoms. The zero-order valence-corrected chi connectivity index (χ0v) is 19.6. The lowest BCUT2D eigenvalue weighted by Gasteiger charge is -2.35. The minimum atomic E-state index is -0.932. The molecule has 0 N–H and O–H groups in total. The number of piperazine rings is 1. The van der Waals surface area contributed by atoms with Crippen LogP contribution in [0.3, 0.4) is 0 Å². The maximum Gasteiger partial charge on any atom is 0.339 e. The predicted molar refractivity (Wildman–Crippen MR) is 127 cm³/mol. The molecule has 1 aliphatic rings. The van der Waals surface area contributed by atoms with E-state index in [2.05, 4.69) is 27.2 Å². The van der Waals surface area contributed by atoms with Gasteiger partial charge in [0.25, 0.3) is 11.6 Å². The van der Waals surface area contributed by atoms with Gasteiger partial charge < -0.3 is 18.6 Å². The molecule has 4 heterocycles. The fraction of sp³-hybridized carbons (Fsp3) is 0.308. The molecule has 0 radical (unpaired) electrons. The van der Waals surface area contributed by atoms with E-state index >= 15 is 0 Å². The summed E-state index contributed by atoms with van der Waals surface area (Å²) in [5, 5.41) is 4.39. The standard InChI is InChI=1S/C26H26N4O5/c1-17-23-20(15-21(22-9-6-14-33-22)27-24(23)35-28-17)26(32)34-18(2)25(31)30-12-10-29(11-13-30)16-19-7-4-3-5-8-19/h3-9,14-15,18H,10-13,16H2,1-2H3. The topological polar surface area (TPSA) is 102 Å². The smallest absolute Gasteiger partial charge is 0.339 e. The molecule has 0 aliphatic carbocycles. The summed E-state index contributed by atoms with van der Waals surface area (Å²) in [6, 6.07) is 15.3. The predicted octanol–water partition coefficient (Wildman–Crippen LogP) is 3.68. The van der Waals surface area contributed by atoms with Gasteiger partial charge in [0.15, 0.2) is 11.9 Å². The van der Waals surface area contributed by atoms with Gasteiger partial charge in [-0.25, -0.2) is 9.78 Å². The molecule has 1 aromatic carbocycles. The third-order valence-electron chi connectivity index (χ3n) is 6.18. The van der Waals surface area contributed by atoms with Crippen LogP contribution < -0.4 is 0 Å². The van der Waals surface area contributed by atoms with Gasteiger partial charge in [0.05, 0.1) is 22.9 Å². The number of hydrogen-bond acceptors (Lipinski definition) is 8. The fourth-order valence-electron chi connectivity index (χ4n) is 4.31. The summed E-state index contributed by atoms with van der Waals surface area (Å²) in [5.41, 5.74) is 2.61. The number of hydrogen-bond donors (Lipinski definition) is 0. The molecule has 9 heteroatoms. The Hall–Kier alpha value is -3.98. The highest BCUT2D eigenvalue weighted by Gasteiger charge is 2.29. The van der Waals surface area contributed by atoms with E-state index in [-0.39, 0.29) is 17.2 Å². The average Bonchev–Trinajstić information content (AvgIpc) is 3.54. The molecular weight excluding hydrogens is 448 g/mol. The number of furan rings is 1. The van der Waals surface area contributed by atoms with E-state index in [0.717, 1.165) is 19.6 Å². The van der Waals surface area contributed by atoms with Crippen LogP contribution in [0.5, 0.6) is 0 Å². The monoisotopic (exact) mass is 474 g/mol. The molecule has 1 atom stereocenters. The van der Waals surface area contributed by atoms with Gasteiger partial charge in [0.2, 0.25) is 0 Å². The Balaban J connectivity index is 1.25. The van der Waals surface area contributed by atoms with Crippen molar-refractivity contribution in [2.75, 3.05) is 26.2 Å². The van der Waals surface area contributed by atoms with Crippen LogP contribution in [0.15, 0.2) is 63.7 Å². The second-order valence-electron chi connectivity index (χ2n) is 8.62. The van der Waals surface area contributed by atoms with Gasteiger partial charge in [-0.15, -0.1) is 0 Å². The number of nitrogens with zero attached hydrogens (tertiary/aromatic N) is 4. The van der Waals surface area contributed by atoms with Crippen LogP contribution in [0.2, 0.25) is 0 Å². The first-order chi connectivity index (χ1) is 17.0. The normalized spacial score (nSPS) is 15.3. The number of rotatable bonds is 6. The summed E-state index contributed by atoms with van der Waals surface area (Å²) >= 11 is 0. The molecule has 4 aromatic rings. The molecule has 1 aliphatic heterocycles. The lowest BCUT2D eigenvalue weighted by Crippen LogP contribution is -2.51. The number of ether oxygens (including phenoxy) is 1. The molecule has 1 amide bonds. The number of benzene rings is 1. The molecular formula is C26H26N4O5. The highest BCUT2D eigenvalue weighted by Crippen LogP contribution is 2.28. The molecule has 35 heavy (non-hydrogen) atoms. The van der Waals surface area contributed by atoms with Gasteiger partial charge >= 0.3 is 5.97 Å². The molecule has 0 spiro atoms. The minimum absolute atomic E-state index is 0.205. The molecule has 5 rings (SSSR count). The highest BCUT2D eigenvalue weighted by atomic mass is 16.5. The Kier molecular flexibility index (Phi) is 6.33. The summed E-state index contributed by atoms with van der Waals surface area (Å²) in [7, 11) is 0. The Morgan fingerprint density at radius 3 is 2.57 bits per heavy atom. The molecule has 1 unspecified atom stereocenters. The second-order valence-corrected chi connectivity index (χ2v) is 8.62. The highest BCUT2D eigenvalue weighted by molar-refractivity contribution is 6.05. The third kappa shape index (κ3) is 4.81. The van der Waals surface area contributed by atoms with Gasteiger partial charge in [-0.05, 0) is 37.6 Å².